The molecule has 25 heavy (non-hydrogen) atoms. The van der Waals surface area contributed by atoms with Crippen molar-refractivity contribution in [3.63, 3.8) is 0 Å². The van der Waals surface area contributed by atoms with Gasteiger partial charge in [-0.25, -0.2) is 0 Å². The molecular formula is C18H18N4O2S. The van der Waals surface area contributed by atoms with Gasteiger partial charge in [-0.1, -0.05) is 19.9 Å². The van der Waals surface area contributed by atoms with Crippen LogP contribution in [0.5, 0.6) is 0 Å². The van der Waals surface area contributed by atoms with E-state index >= 15 is 0 Å². The number of benzene rings is 2. The Bertz CT molecular complexity index is 920. The lowest BCUT2D eigenvalue weighted by atomic mass is 10.1. The molecule has 0 saturated carbocycles. The van der Waals surface area contributed by atoms with E-state index in [1.54, 1.807) is 42.5 Å². The molecule has 2 aromatic carbocycles. The summed E-state index contributed by atoms with van der Waals surface area (Å²) in [5.41, 5.74) is 3.25. The Hall–Kier alpha value is -2.80. The van der Waals surface area contributed by atoms with Gasteiger partial charge in [-0.15, -0.1) is 0 Å². The lowest BCUT2D eigenvalue weighted by Gasteiger charge is -2.10. The Kier molecular flexibility index (Phi) is 5.04. The smallest absolute Gasteiger partial charge is 0.255 e. The third kappa shape index (κ3) is 4.39. The summed E-state index contributed by atoms with van der Waals surface area (Å²) < 4.78 is 8.26. The van der Waals surface area contributed by atoms with Gasteiger partial charge in [0.15, 0.2) is 0 Å². The van der Waals surface area contributed by atoms with Crippen LogP contribution in [0.2, 0.25) is 0 Å². The number of anilines is 2. The van der Waals surface area contributed by atoms with E-state index in [-0.39, 0.29) is 17.7 Å². The zero-order chi connectivity index (χ0) is 17.8. The molecule has 1 aromatic heterocycles. The maximum atomic E-state index is 12.4. The first-order chi connectivity index (χ1) is 12.0. The van der Waals surface area contributed by atoms with E-state index in [4.69, 9.17) is 0 Å². The Morgan fingerprint density at radius 3 is 2.48 bits per heavy atom. The molecule has 0 fully saturated rings. The molecule has 0 aliphatic carbocycles. The number of nitrogens with zero attached hydrogens (tertiary/aromatic N) is 2. The van der Waals surface area contributed by atoms with Crippen molar-refractivity contribution in [3.8, 4) is 0 Å². The van der Waals surface area contributed by atoms with E-state index in [1.807, 2.05) is 13.8 Å². The monoisotopic (exact) mass is 354 g/mol. The molecule has 3 rings (SSSR count). The average molecular weight is 354 g/mol. The van der Waals surface area contributed by atoms with Gasteiger partial charge in [0.1, 0.15) is 11.0 Å². The van der Waals surface area contributed by atoms with Crippen LogP contribution in [-0.4, -0.2) is 20.6 Å². The number of amides is 2. The average Bonchev–Trinajstić information content (AvgIpc) is 3.01. The Balaban J connectivity index is 1.70. The SMILES string of the molecule is CC(C)CC(=O)Nc1cccc(NC(=O)c2ccc3nsnc3c2)c1. The van der Waals surface area contributed by atoms with E-state index in [0.717, 1.165) is 17.2 Å². The predicted octanol–water partition coefficient (Wildman–Crippen LogP) is 3.93. The maximum absolute atomic E-state index is 12.4. The van der Waals surface area contributed by atoms with Gasteiger partial charge in [0.25, 0.3) is 5.91 Å². The first-order valence-electron chi connectivity index (χ1n) is 7.95. The van der Waals surface area contributed by atoms with Crippen LogP contribution in [0.4, 0.5) is 11.4 Å². The summed E-state index contributed by atoms with van der Waals surface area (Å²) in [6, 6.07) is 12.3. The third-order valence-electron chi connectivity index (χ3n) is 3.51. The van der Waals surface area contributed by atoms with E-state index in [0.29, 0.717) is 28.9 Å². The summed E-state index contributed by atoms with van der Waals surface area (Å²) in [7, 11) is 0. The molecule has 0 atom stereocenters. The standard InChI is InChI=1S/C18H18N4O2S/c1-11(2)8-17(23)19-13-4-3-5-14(10-13)20-18(24)12-6-7-15-16(9-12)22-25-21-15/h3-7,9-11H,8H2,1-2H3,(H,19,23)(H,20,24). The fourth-order valence-electron chi connectivity index (χ4n) is 2.38. The lowest BCUT2D eigenvalue weighted by molar-refractivity contribution is -0.116. The number of carbonyl (C=O) groups is 2. The molecule has 6 nitrogen and oxygen atoms in total. The van der Waals surface area contributed by atoms with Crippen molar-refractivity contribution in [1.29, 1.82) is 0 Å². The van der Waals surface area contributed by atoms with Crippen molar-refractivity contribution in [1.82, 2.24) is 8.75 Å². The molecule has 0 aliphatic heterocycles. The number of carbonyl (C=O) groups excluding carboxylic acids is 2. The van der Waals surface area contributed by atoms with Crippen molar-refractivity contribution in [2.45, 2.75) is 20.3 Å². The van der Waals surface area contributed by atoms with Crippen LogP contribution in [0, 0.1) is 5.92 Å². The first kappa shape index (κ1) is 17.0. The third-order valence-corrected chi connectivity index (χ3v) is 4.07. The largest absolute Gasteiger partial charge is 0.326 e. The van der Waals surface area contributed by atoms with Gasteiger partial charge in [0.05, 0.1) is 11.7 Å². The van der Waals surface area contributed by atoms with E-state index in [9.17, 15) is 9.59 Å². The van der Waals surface area contributed by atoms with Gasteiger partial charge >= 0.3 is 0 Å². The summed E-state index contributed by atoms with van der Waals surface area (Å²) >= 11 is 1.12. The van der Waals surface area contributed by atoms with E-state index in [2.05, 4.69) is 19.4 Å². The molecule has 0 radical (unpaired) electrons. The molecule has 1 heterocycles. The normalized spacial score (nSPS) is 10.8. The van der Waals surface area contributed by atoms with Crippen molar-refractivity contribution in [2.24, 2.45) is 5.92 Å². The second kappa shape index (κ2) is 7.40. The zero-order valence-corrected chi connectivity index (χ0v) is 14.8. The second-order valence-electron chi connectivity index (χ2n) is 6.15. The van der Waals surface area contributed by atoms with Crippen LogP contribution >= 0.6 is 11.7 Å². The van der Waals surface area contributed by atoms with Crippen LogP contribution in [0.3, 0.4) is 0 Å². The van der Waals surface area contributed by atoms with Crippen molar-refractivity contribution < 1.29 is 9.59 Å². The van der Waals surface area contributed by atoms with Crippen LogP contribution in [0.1, 0.15) is 30.6 Å². The molecule has 0 aliphatic rings. The minimum atomic E-state index is -0.236. The van der Waals surface area contributed by atoms with Crippen LogP contribution in [0.25, 0.3) is 11.0 Å². The predicted molar refractivity (Wildman–Crippen MR) is 99.9 cm³/mol. The highest BCUT2D eigenvalue weighted by molar-refractivity contribution is 7.00. The second-order valence-corrected chi connectivity index (χ2v) is 6.68. The van der Waals surface area contributed by atoms with Gasteiger partial charge in [0.2, 0.25) is 5.91 Å². The Labute approximate surface area is 149 Å². The van der Waals surface area contributed by atoms with E-state index in [1.165, 1.54) is 0 Å². The van der Waals surface area contributed by atoms with Crippen molar-refractivity contribution in [3.05, 3.63) is 48.0 Å². The number of nitrogens with one attached hydrogen (secondary N) is 2. The van der Waals surface area contributed by atoms with Crippen LogP contribution in [0.15, 0.2) is 42.5 Å². The van der Waals surface area contributed by atoms with Gasteiger partial charge < -0.3 is 10.6 Å². The topological polar surface area (TPSA) is 84.0 Å². The van der Waals surface area contributed by atoms with Crippen molar-refractivity contribution >= 4 is 46.0 Å². The fraction of sp³-hybridized carbons (Fsp3) is 0.222. The molecule has 0 saturated heterocycles. The highest BCUT2D eigenvalue weighted by atomic mass is 32.1. The summed E-state index contributed by atoms with van der Waals surface area (Å²) in [4.78, 5) is 24.3. The molecule has 128 valence electrons. The number of fused-ring (bicyclic) bond motifs is 1. The summed E-state index contributed by atoms with van der Waals surface area (Å²) in [5, 5.41) is 5.67. The van der Waals surface area contributed by atoms with Crippen molar-refractivity contribution in [2.75, 3.05) is 10.6 Å². The number of aromatic nitrogens is 2. The summed E-state index contributed by atoms with van der Waals surface area (Å²) in [6.07, 6.45) is 0.457. The van der Waals surface area contributed by atoms with Crippen LogP contribution in [-0.2, 0) is 4.79 Å². The highest BCUT2D eigenvalue weighted by Crippen LogP contribution is 2.18. The maximum Gasteiger partial charge on any atom is 0.255 e. The van der Waals surface area contributed by atoms with Crippen LogP contribution < -0.4 is 10.6 Å². The molecule has 0 spiro atoms. The molecule has 0 bridgehead atoms. The minimum absolute atomic E-state index is 0.0417. The fourth-order valence-corrected chi connectivity index (χ4v) is 2.90. The van der Waals surface area contributed by atoms with Gasteiger partial charge in [-0.3, -0.25) is 9.59 Å². The number of hydrogen-bond donors (Lipinski definition) is 2. The molecule has 7 heteroatoms. The molecular weight excluding hydrogens is 336 g/mol. The van der Waals surface area contributed by atoms with Gasteiger partial charge in [-0.05, 0) is 42.3 Å². The highest BCUT2D eigenvalue weighted by Gasteiger charge is 2.10. The molecule has 0 unspecified atom stereocenters. The molecule has 3 aromatic rings. The molecule has 2 N–H and O–H groups in total. The first-order valence-corrected chi connectivity index (χ1v) is 8.68. The van der Waals surface area contributed by atoms with Gasteiger partial charge in [0, 0.05) is 23.4 Å². The summed E-state index contributed by atoms with van der Waals surface area (Å²) in [5.74, 6) is 0.0125. The number of rotatable bonds is 5. The number of hydrogen-bond acceptors (Lipinski definition) is 5. The minimum Gasteiger partial charge on any atom is -0.326 e. The molecule has 2 amide bonds. The van der Waals surface area contributed by atoms with Gasteiger partial charge in [-0.2, -0.15) is 8.75 Å². The summed E-state index contributed by atoms with van der Waals surface area (Å²) in [6.45, 7) is 3.98. The Morgan fingerprint density at radius 1 is 1.00 bits per heavy atom. The lowest BCUT2D eigenvalue weighted by Crippen LogP contribution is -2.15. The zero-order valence-electron chi connectivity index (χ0n) is 13.9. The quantitative estimate of drug-likeness (QED) is 0.727. The van der Waals surface area contributed by atoms with E-state index < -0.39 is 0 Å². The Morgan fingerprint density at radius 2 is 1.72 bits per heavy atom.